The van der Waals surface area contributed by atoms with Crippen molar-refractivity contribution in [2.24, 2.45) is 11.8 Å². The van der Waals surface area contributed by atoms with Gasteiger partial charge in [-0.25, -0.2) is 0 Å². The first-order valence-electron chi connectivity index (χ1n) is 7.84. The Kier molecular flexibility index (Phi) is 5.10. The predicted octanol–water partition coefficient (Wildman–Crippen LogP) is 3.18. The van der Waals surface area contributed by atoms with Crippen molar-refractivity contribution in [2.75, 3.05) is 25.4 Å². The third kappa shape index (κ3) is 3.90. The Morgan fingerprint density at radius 1 is 1.33 bits per heavy atom. The van der Waals surface area contributed by atoms with E-state index in [1.165, 1.54) is 0 Å². The standard InChI is InChI=1S/C17H26N2O2/c1-4-21-16-10-14(9-15(18)11-16)17(20)19-7-5-13(6-8-19)12(2)3/h9-13H,4-8,18H2,1-3H3. The van der Waals surface area contributed by atoms with E-state index in [-0.39, 0.29) is 5.91 Å². The summed E-state index contributed by atoms with van der Waals surface area (Å²) in [5, 5.41) is 0. The number of piperidine rings is 1. The molecular formula is C17H26N2O2. The van der Waals surface area contributed by atoms with Crippen LogP contribution in [0.5, 0.6) is 5.75 Å². The summed E-state index contributed by atoms with van der Waals surface area (Å²) in [6, 6.07) is 5.28. The fourth-order valence-corrected chi connectivity index (χ4v) is 2.95. The number of ether oxygens (including phenoxy) is 1. The van der Waals surface area contributed by atoms with E-state index in [1.807, 2.05) is 11.8 Å². The summed E-state index contributed by atoms with van der Waals surface area (Å²) in [5.74, 6) is 2.15. The van der Waals surface area contributed by atoms with Crippen LogP contribution in [0.3, 0.4) is 0 Å². The number of amides is 1. The lowest BCUT2D eigenvalue weighted by Gasteiger charge is -2.34. The molecule has 1 aromatic rings. The van der Waals surface area contributed by atoms with Crippen LogP contribution in [-0.2, 0) is 0 Å². The monoisotopic (exact) mass is 290 g/mol. The number of nitrogen functional groups attached to an aromatic ring is 1. The Labute approximate surface area is 127 Å². The number of nitrogens with zero attached hydrogens (tertiary/aromatic N) is 1. The Balaban J connectivity index is 2.07. The Hall–Kier alpha value is -1.71. The maximum atomic E-state index is 12.6. The van der Waals surface area contributed by atoms with Crippen LogP contribution in [-0.4, -0.2) is 30.5 Å². The number of hydrogen-bond acceptors (Lipinski definition) is 3. The first kappa shape index (κ1) is 15.7. The number of rotatable bonds is 4. The van der Waals surface area contributed by atoms with E-state index < -0.39 is 0 Å². The van der Waals surface area contributed by atoms with Crippen molar-refractivity contribution in [2.45, 2.75) is 33.6 Å². The van der Waals surface area contributed by atoms with Gasteiger partial charge < -0.3 is 15.4 Å². The molecule has 0 spiro atoms. The van der Waals surface area contributed by atoms with Crippen molar-refractivity contribution < 1.29 is 9.53 Å². The first-order valence-corrected chi connectivity index (χ1v) is 7.84. The summed E-state index contributed by atoms with van der Waals surface area (Å²) < 4.78 is 5.46. The number of nitrogens with two attached hydrogens (primary N) is 1. The predicted molar refractivity (Wildman–Crippen MR) is 85.5 cm³/mol. The molecule has 0 aromatic heterocycles. The highest BCUT2D eigenvalue weighted by Crippen LogP contribution is 2.26. The van der Waals surface area contributed by atoms with Gasteiger partial charge in [0.05, 0.1) is 6.61 Å². The zero-order valence-electron chi connectivity index (χ0n) is 13.3. The molecule has 1 aliphatic heterocycles. The van der Waals surface area contributed by atoms with Gasteiger partial charge in [0.1, 0.15) is 5.75 Å². The molecule has 1 fully saturated rings. The van der Waals surface area contributed by atoms with E-state index in [0.717, 1.165) is 31.8 Å². The molecule has 0 saturated carbocycles. The highest BCUT2D eigenvalue weighted by Gasteiger charge is 2.25. The van der Waals surface area contributed by atoms with Crippen LogP contribution in [0.25, 0.3) is 0 Å². The molecule has 2 rings (SSSR count). The van der Waals surface area contributed by atoms with Gasteiger partial charge in [-0.3, -0.25) is 4.79 Å². The lowest BCUT2D eigenvalue weighted by molar-refractivity contribution is 0.0667. The van der Waals surface area contributed by atoms with E-state index in [1.54, 1.807) is 18.2 Å². The summed E-state index contributed by atoms with van der Waals surface area (Å²) in [5.41, 5.74) is 7.07. The van der Waals surface area contributed by atoms with Gasteiger partial charge in [0.25, 0.3) is 5.91 Å². The third-order valence-corrected chi connectivity index (χ3v) is 4.26. The number of benzene rings is 1. The quantitative estimate of drug-likeness (QED) is 0.867. The zero-order valence-corrected chi connectivity index (χ0v) is 13.3. The summed E-state index contributed by atoms with van der Waals surface area (Å²) in [7, 11) is 0. The SMILES string of the molecule is CCOc1cc(N)cc(C(=O)N2CCC(C(C)C)CC2)c1. The average molecular weight is 290 g/mol. The van der Waals surface area contributed by atoms with Crippen LogP contribution in [0.1, 0.15) is 44.0 Å². The van der Waals surface area contributed by atoms with Crippen LogP contribution >= 0.6 is 0 Å². The fraction of sp³-hybridized carbons (Fsp3) is 0.588. The molecule has 21 heavy (non-hydrogen) atoms. The molecule has 4 heteroatoms. The molecule has 0 radical (unpaired) electrons. The highest BCUT2D eigenvalue weighted by atomic mass is 16.5. The first-order chi connectivity index (χ1) is 10.0. The van der Waals surface area contributed by atoms with Gasteiger partial charge in [0, 0.05) is 30.4 Å². The molecule has 1 heterocycles. The fourth-order valence-electron chi connectivity index (χ4n) is 2.95. The van der Waals surface area contributed by atoms with Gasteiger partial charge >= 0.3 is 0 Å². The summed E-state index contributed by atoms with van der Waals surface area (Å²) in [6.45, 7) is 8.67. The molecule has 1 amide bonds. The van der Waals surface area contributed by atoms with Crippen molar-refractivity contribution in [3.05, 3.63) is 23.8 Å². The second-order valence-corrected chi connectivity index (χ2v) is 6.10. The zero-order chi connectivity index (χ0) is 15.4. The minimum absolute atomic E-state index is 0.0606. The van der Waals surface area contributed by atoms with E-state index in [0.29, 0.717) is 29.5 Å². The van der Waals surface area contributed by atoms with Gasteiger partial charge in [0.2, 0.25) is 0 Å². The third-order valence-electron chi connectivity index (χ3n) is 4.26. The normalized spacial score (nSPS) is 16.3. The molecule has 1 aliphatic rings. The number of carbonyl (C=O) groups is 1. The largest absolute Gasteiger partial charge is 0.494 e. The number of anilines is 1. The van der Waals surface area contributed by atoms with Crippen molar-refractivity contribution in [3.8, 4) is 5.75 Å². The molecule has 2 N–H and O–H groups in total. The van der Waals surface area contributed by atoms with Crippen molar-refractivity contribution >= 4 is 11.6 Å². The molecule has 1 aromatic carbocycles. The van der Waals surface area contributed by atoms with Crippen LogP contribution in [0, 0.1) is 11.8 Å². The number of carbonyl (C=O) groups excluding carboxylic acids is 1. The molecule has 0 unspecified atom stereocenters. The van der Waals surface area contributed by atoms with E-state index >= 15 is 0 Å². The molecule has 116 valence electrons. The van der Waals surface area contributed by atoms with Crippen LogP contribution in [0.4, 0.5) is 5.69 Å². The van der Waals surface area contributed by atoms with Crippen molar-refractivity contribution in [3.63, 3.8) is 0 Å². The van der Waals surface area contributed by atoms with Crippen molar-refractivity contribution in [1.29, 1.82) is 0 Å². The molecule has 0 atom stereocenters. The second kappa shape index (κ2) is 6.83. The maximum Gasteiger partial charge on any atom is 0.254 e. The lowest BCUT2D eigenvalue weighted by atomic mass is 9.86. The van der Waals surface area contributed by atoms with Crippen LogP contribution < -0.4 is 10.5 Å². The smallest absolute Gasteiger partial charge is 0.254 e. The van der Waals surface area contributed by atoms with Gasteiger partial charge in [-0.2, -0.15) is 0 Å². The molecule has 1 saturated heterocycles. The topological polar surface area (TPSA) is 55.6 Å². The highest BCUT2D eigenvalue weighted by molar-refractivity contribution is 5.95. The lowest BCUT2D eigenvalue weighted by Crippen LogP contribution is -2.39. The Bertz CT molecular complexity index is 492. The summed E-state index contributed by atoms with van der Waals surface area (Å²) >= 11 is 0. The molecule has 4 nitrogen and oxygen atoms in total. The Morgan fingerprint density at radius 3 is 2.57 bits per heavy atom. The Morgan fingerprint density at radius 2 is 2.00 bits per heavy atom. The van der Waals surface area contributed by atoms with Gasteiger partial charge in [-0.1, -0.05) is 13.8 Å². The van der Waals surface area contributed by atoms with E-state index in [9.17, 15) is 4.79 Å². The average Bonchev–Trinajstić information content (AvgIpc) is 2.46. The number of likely N-dealkylation sites (tertiary alicyclic amines) is 1. The van der Waals surface area contributed by atoms with Crippen LogP contribution in [0.15, 0.2) is 18.2 Å². The van der Waals surface area contributed by atoms with E-state index in [4.69, 9.17) is 10.5 Å². The minimum Gasteiger partial charge on any atom is -0.494 e. The van der Waals surface area contributed by atoms with Crippen molar-refractivity contribution in [1.82, 2.24) is 4.90 Å². The maximum absolute atomic E-state index is 12.6. The van der Waals surface area contributed by atoms with Gasteiger partial charge in [0.15, 0.2) is 0 Å². The minimum atomic E-state index is 0.0606. The molecule has 0 bridgehead atoms. The summed E-state index contributed by atoms with van der Waals surface area (Å²) in [6.07, 6.45) is 2.17. The second-order valence-electron chi connectivity index (χ2n) is 6.10. The molecular weight excluding hydrogens is 264 g/mol. The molecule has 0 aliphatic carbocycles. The van der Waals surface area contributed by atoms with Crippen LogP contribution in [0.2, 0.25) is 0 Å². The van der Waals surface area contributed by atoms with E-state index in [2.05, 4.69) is 13.8 Å². The summed E-state index contributed by atoms with van der Waals surface area (Å²) in [4.78, 5) is 14.5. The van der Waals surface area contributed by atoms with Gasteiger partial charge in [-0.15, -0.1) is 0 Å². The number of hydrogen-bond donors (Lipinski definition) is 1. The van der Waals surface area contributed by atoms with Gasteiger partial charge in [-0.05, 0) is 43.7 Å².